The van der Waals surface area contributed by atoms with E-state index in [1.54, 1.807) is 21.6 Å². The molecule has 30 heavy (non-hydrogen) atoms. The fourth-order valence-corrected chi connectivity index (χ4v) is 5.90. The number of ether oxygens (including phenoxy) is 1. The Morgan fingerprint density at radius 1 is 1.20 bits per heavy atom. The summed E-state index contributed by atoms with van der Waals surface area (Å²) in [5, 5.41) is 7.19. The number of nitrogens with one attached hydrogen (secondary N) is 1. The number of hydrogen-bond donors (Lipinski definition) is 1. The Morgan fingerprint density at radius 2 is 1.93 bits per heavy atom. The first kappa shape index (κ1) is 27.2. The normalized spacial score (nSPS) is 13.8. The molecule has 0 heterocycles. The van der Waals surface area contributed by atoms with Crippen LogP contribution < -0.4 is 5.09 Å². The van der Waals surface area contributed by atoms with Gasteiger partial charge in [-0.2, -0.15) is 0 Å². The fourth-order valence-electron chi connectivity index (χ4n) is 2.75. The lowest BCUT2D eigenvalue weighted by atomic mass is 10.1. The molecule has 0 spiro atoms. The van der Waals surface area contributed by atoms with Crippen LogP contribution in [-0.4, -0.2) is 62.7 Å². The number of rotatable bonds is 17. The second-order valence-electron chi connectivity index (χ2n) is 6.79. The zero-order valence-electron chi connectivity index (χ0n) is 18.5. The summed E-state index contributed by atoms with van der Waals surface area (Å²) < 4.78 is 19.0. The number of nitrogens with zero attached hydrogens (tertiary/aromatic N) is 1. The molecule has 9 heteroatoms. The molecule has 0 saturated carbocycles. The van der Waals surface area contributed by atoms with E-state index < -0.39 is 7.29 Å². The van der Waals surface area contributed by atoms with Crippen LogP contribution in [0.2, 0.25) is 0 Å². The molecule has 0 radical (unpaired) electrons. The topological polar surface area (TPSA) is 77.0 Å². The summed E-state index contributed by atoms with van der Waals surface area (Å²) in [4.78, 5) is 16.5. The summed E-state index contributed by atoms with van der Waals surface area (Å²) in [6.45, 7) is 5.44. The maximum absolute atomic E-state index is 13.3. The standard InChI is InChI=1S/C21H35N2O4PS2/c1-5-21(24)11-15-28(25,16-13-27-14-17-30-29-4)22-12-10-19-6-8-20(9-7-19)18(2)23-26-3/h6-9H,5,10-17H2,1-4H3,(H,22,25)/b23-18+. The zero-order chi connectivity index (χ0) is 22.2. The van der Waals surface area contributed by atoms with Crippen molar-refractivity contribution >= 4 is 40.4 Å². The van der Waals surface area contributed by atoms with Crippen molar-refractivity contribution in [1.82, 2.24) is 5.09 Å². The lowest BCUT2D eigenvalue weighted by Crippen LogP contribution is -2.21. The highest BCUT2D eigenvalue weighted by Crippen LogP contribution is 2.41. The second kappa shape index (κ2) is 15.9. The summed E-state index contributed by atoms with van der Waals surface area (Å²) >= 11 is 0. The van der Waals surface area contributed by atoms with Gasteiger partial charge in [-0.25, -0.2) is 0 Å². The zero-order valence-corrected chi connectivity index (χ0v) is 21.0. The number of oxime groups is 1. The maximum Gasteiger partial charge on any atom is 0.150 e. The van der Waals surface area contributed by atoms with Crippen LogP contribution in [0, 0.1) is 0 Å². The predicted octanol–water partition coefficient (Wildman–Crippen LogP) is 4.86. The Morgan fingerprint density at radius 3 is 2.57 bits per heavy atom. The summed E-state index contributed by atoms with van der Waals surface area (Å²) in [5.74, 6) is 1.07. The molecule has 0 saturated heterocycles. The largest absolute Gasteiger partial charge is 0.399 e. The minimum Gasteiger partial charge on any atom is -0.399 e. The summed E-state index contributed by atoms with van der Waals surface area (Å²) in [6, 6.07) is 8.10. The Labute approximate surface area is 189 Å². The minimum atomic E-state index is -2.66. The third kappa shape index (κ3) is 11.6. The van der Waals surface area contributed by atoms with Crippen LogP contribution in [0.25, 0.3) is 0 Å². The Balaban J connectivity index is 2.55. The number of ketones is 1. The molecule has 0 fully saturated rings. The predicted molar refractivity (Wildman–Crippen MR) is 131 cm³/mol. The first-order valence-corrected chi connectivity index (χ1v) is 15.0. The first-order chi connectivity index (χ1) is 14.4. The average molecular weight is 475 g/mol. The van der Waals surface area contributed by atoms with Gasteiger partial charge in [-0.1, -0.05) is 57.9 Å². The SMILES string of the molecule is CCC(=O)CCP(=O)(CCOCCSSC)NCCc1ccc(/C(C)=N/OC)cc1. The van der Waals surface area contributed by atoms with Crippen LogP contribution in [-0.2, 0) is 25.4 Å². The van der Waals surface area contributed by atoms with Crippen molar-refractivity contribution in [3.8, 4) is 0 Å². The molecule has 1 aromatic rings. The molecule has 0 aromatic heterocycles. The van der Waals surface area contributed by atoms with E-state index in [0.717, 1.165) is 29.0 Å². The van der Waals surface area contributed by atoms with Crippen LogP contribution in [0.1, 0.15) is 37.8 Å². The van der Waals surface area contributed by atoms with Gasteiger partial charge in [0.25, 0.3) is 0 Å². The van der Waals surface area contributed by atoms with Gasteiger partial charge in [0.1, 0.15) is 12.9 Å². The van der Waals surface area contributed by atoms with Crippen molar-refractivity contribution in [2.45, 2.75) is 33.1 Å². The molecule has 0 amide bonds. The van der Waals surface area contributed by atoms with Crippen LogP contribution in [0.15, 0.2) is 29.4 Å². The third-order valence-corrected chi connectivity index (χ3v) is 9.01. The van der Waals surface area contributed by atoms with E-state index in [1.165, 1.54) is 7.11 Å². The molecule has 1 unspecified atom stereocenters. The highest BCUT2D eigenvalue weighted by molar-refractivity contribution is 8.76. The Kier molecular flexibility index (Phi) is 14.5. The molecule has 1 N–H and O–H groups in total. The molecule has 6 nitrogen and oxygen atoms in total. The quantitative estimate of drug-likeness (QED) is 0.114. The van der Waals surface area contributed by atoms with Crippen LogP contribution in [0.3, 0.4) is 0 Å². The molecule has 0 aliphatic rings. The van der Waals surface area contributed by atoms with Crippen molar-refractivity contribution in [1.29, 1.82) is 0 Å². The van der Waals surface area contributed by atoms with Crippen LogP contribution in [0.5, 0.6) is 0 Å². The van der Waals surface area contributed by atoms with Crippen molar-refractivity contribution in [3.63, 3.8) is 0 Å². The van der Waals surface area contributed by atoms with Gasteiger partial charge in [-0.15, -0.1) is 0 Å². The van der Waals surface area contributed by atoms with E-state index in [0.29, 0.717) is 44.9 Å². The lowest BCUT2D eigenvalue weighted by Gasteiger charge is -2.20. The summed E-state index contributed by atoms with van der Waals surface area (Å²) in [6.07, 6.45) is 4.50. The van der Waals surface area contributed by atoms with Gasteiger partial charge >= 0.3 is 0 Å². The summed E-state index contributed by atoms with van der Waals surface area (Å²) in [5.41, 5.74) is 2.98. The average Bonchev–Trinajstić information content (AvgIpc) is 2.75. The molecule has 1 rings (SSSR count). The monoisotopic (exact) mass is 474 g/mol. The fraction of sp³-hybridized carbons (Fsp3) is 0.619. The molecular weight excluding hydrogens is 439 g/mol. The highest BCUT2D eigenvalue weighted by atomic mass is 33.1. The number of hydrogen-bond acceptors (Lipinski definition) is 7. The molecular formula is C21H35N2O4PS2. The molecule has 0 bridgehead atoms. The van der Waals surface area contributed by atoms with E-state index in [9.17, 15) is 9.36 Å². The van der Waals surface area contributed by atoms with E-state index >= 15 is 0 Å². The molecule has 0 aliphatic heterocycles. The van der Waals surface area contributed by atoms with Gasteiger partial charge in [0.15, 0.2) is 7.29 Å². The van der Waals surface area contributed by atoms with Crippen molar-refractivity contribution in [2.24, 2.45) is 5.16 Å². The lowest BCUT2D eigenvalue weighted by molar-refractivity contribution is -0.118. The minimum absolute atomic E-state index is 0.151. The molecule has 1 atom stereocenters. The number of carbonyl (C=O) groups excluding carboxylic acids is 1. The summed E-state index contributed by atoms with van der Waals surface area (Å²) in [7, 11) is 2.34. The Bertz CT molecular complexity index is 699. The second-order valence-corrected chi connectivity index (χ2v) is 12.5. The van der Waals surface area contributed by atoms with Crippen LogP contribution in [0.4, 0.5) is 0 Å². The number of benzene rings is 1. The number of Topliss-reactive ketones (excluding diaryl/α,β-unsaturated/α-hetero) is 1. The highest BCUT2D eigenvalue weighted by Gasteiger charge is 2.22. The Hall–Kier alpha value is -0.790. The van der Waals surface area contributed by atoms with Crippen molar-refractivity contribution in [2.75, 3.05) is 51.2 Å². The first-order valence-electron chi connectivity index (χ1n) is 10.2. The maximum atomic E-state index is 13.3. The van der Waals surface area contributed by atoms with Gasteiger partial charge in [0.05, 0.1) is 18.9 Å². The van der Waals surface area contributed by atoms with E-state index in [2.05, 4.69) is 10.2 Å². The van der Waals surface area contributed by atoms with Gasteiger partial charge < -0.3 is 14.1 Å². The van der Waals surface area contributed by atoms with Crippen molar-refractivity contribution in [3.05, 3.63) is 35.4 Å². The molecule has 170 valence electrons. The van der Waals surface area contributed by atoms with E-state index in [1.807, 2.05) is 44.4 Å². The van der Waals surface area contributed by atoms with E-state index in [-0.39, 0.29) is 5.78 Å². The molecule has 0 aliphatic carbocycles. The van der Waals surface area contributed by atoms with E-state index in [4.69, 9.17) is 9.57 Å². The third-order valence-electron chi connectivity index (χ3n) is 4.59. The van der Waals surface area contributed by atoms with Crippen molar-refractivity contribution < 1.29 is 18.9 Å². The smallest absolute Gasteiger partial charge is 0.150 e. The van der Waals surface area contributed by atoms with Gasteiger partial charge in [0.2, 0.25) is 0 Å². The van der Waals surface area contributed by atoms with Gasteiger partial charge in [-0.05, 0) is 30.7 Å². The molecule has 1 aromatic carbocycles. The number of carbonyl (C=O) groups is 1. The van der Waals surface area contributed by atoms with Gasteiger partial charge in [0, 0.05) is 37.5 Å². The van der Waals surface area contributed by atoms with Crippen LogP contribution >= 0.6 is 28.9 Å². The van der Waals surface area contributed by atoms with Gasteiger partial charge in [-0.3, -0.25) is 9.88 Å².